The first-order valence-electron chi connectivity index (χ1n) is 7.99. The summed E-state index contributed by atoms with van der Waals surface area (Å²) in [5, 5.41) is 10.7. The van der Waals surface area contributed by atoms with Crippen LogP contribution in [0.1, 0.15) is 11.1 Å². The number of thioether (sulfide) groups is 1. The van der Waals surface area contributed by atoms with Crippen molar-refractivity contribution in [3.05, 3.63) is 70.1 Å². The minimum atomic E-state index is -0.218. The second kappa shape index (κ2) is 8.17. The molecule has 1 aliphatic rings. The number of benzene rings is 2. The lowest BCUT2D eigenvalue weighted by molar-refractivity contribution is -0.113. The van der Waals surface area contributed by atoms with Crippen LogP contribution in [0.5, 0.6) is 11.5 Å². The van der Waals surface area contributed by atoms with Crippen LogP contribution in [0.4, 0.5) is 5.69 Å². The number of thiocarbonyl (C=S) groups is 1. The summed E-state index contributed by atoms with van der Waals surface area (Å²) in [6.45, 7) is 3.70. The molecule has 1 aliphatic heterocycles. The van der Waals surface area contributed by atoms with Crippen LogP contribution in [0.2, 0.25) is 5.02 Å². The van der Waals surface area contributed by atoms with Crippen molar-refractivity contribution in [1.29, 1.82) is 0 Å². The van der Waals surface area contributed by atoms with Gasteiger partial charge in [-0.3, -0.25) is 9.69 Å². The molecular weight excluding hydrogens is 402 g/mol. The van der Waals surface area contributed by atoms with Gasteiger partial charge in [0.2, 0.25) is 0 Å². The molecule has 0 atom stereocenters. The van der Waals surface area contributed by atoms with E-state index in [1.165, 1.54) is 23.8 Å². The van der Waals surface area contributed by atoms with Gasteiger partial charge < -0.3 is 9.84 Å². The highest BCUT2D eigenvalue weighted by molar-refractivity contribution is 8.27. The number of allylic oxidation sites excluding steroid dienone is 1. The molecule has 3 rings (SSSR count). The van der Waals surface area contributed by atoms with Gasteiger partial charge in [0.15, 0.2) is 15.8 Å². The van der Waals surface area contributed by atoms with E-state index in [0.717, 1.165) is 5.56 Å². The Morgan fingerprint density at radius 3 is 2.81 bits per heavy atom. The van der Waals surface area contributed by atoms with E-state index in [1.54, 1.807) is 48.6 Å². The number of ether oxygens (including phenoxy) is 1. The van der Waals surface area contributed by atoms with E-state index >= 15 is 0 Å². The van der Waals surface area contributed by atoms with E-state index < -0.39 is 0 Å². The zero-order chi connectivity index (χ0) is 19.6. The lowest BCUT2D eigenvalue weighted by Gasteiger charge is -2.14. The summed E-state index contributed by atoms with van der Waals surface area (Å²) in [7, 11) is 1.48. The predicted molar refractivity (Wildman–Crippen MR) is 116 cm³/mol. The number of halogens is 1. The second-order valence-corrected chi connectivity index (χ2v) is 7.83. The Morgan fingerprint density at radius 1 is 1.37 bits per heavy atom. The standard InChI is InChI=1S/C20H16ClNO3S2/c1-3-5-13-8-12(9-16(25-2)18(13)23)10-17-19(24)22(20(26)27-17)15-7-4-6-14(21)11-15/h3-4,6-11,23H,1,5H2,2H3/b17-10-. The monoisotopic (exact) mass is 417 g/mol. The predicted octanol–water partition coefficient (Wildman–Crippen LogP) is 5.19. The number of carbonyl (C=O) groups excluding carboxylic acids is 1. The molecule has 0 unspecified atom stereocenters. The van der Waals surface area contributed by atoms with Gasteiger partial charge in [-0.25, -0.2) is 0 Å². The summed E-state index contributed by atoms with van der Waals surface area (Å²) in [5.74, 6) is 0.191. The van der Waals surface area contributed by atoms with Crippen molar-refractivity contribution in [1.82, 2.24) is 0 Å². The van der Waals surface area contributed by atoms with E-state index in [2.05, 4.69) is 6.58 Å². The van der Waals surface area contributed by atoms with Gasteiger partial charge in [0, 0.05) is 10.6 Å². The fourth-order valence-electron chi connectivity index (χ4n) is 2.70. The topological polar surface area (TPSA) is 49.8 Å². The number of anilines is 1. The minimum absolute atomic E-state index is 0.0704. The van der Waals surface area contributed by atoms with Crippen LogP contribution >= 0.6 is 35.6 Å². The molecule has 0 spiro atoms. The third-order valence-corrected chi connectivity index (χ3v) is 5.46. The Bertz CT molecular complexity index is 972. The molecule has 0 radical (unpaired) electrons. The van der Waals surface area contributed by atoms with E-state index in [1.807, 2.05) is 0 Å². The number of hydrogen-bond acceptors (Lipinski definition) is 5. The molecule has 0 aliphatic carbocycles. The average Bonchev–Trinajstić information content (AvgIpc) is 2.91. The van der Waals surface area contributed by atoms with Crippen molar-refractivity contribution in [3.63, 3.8) is 0 Å². The molecule has 1 fully saturated rings. The van der Waals surface area contributed by atoms with Crippen LogP contribution < -0.4 is 9.64 Å². The maximum absolute atomic E-state index is 12.9. The normalized spacial score (nSPS) is 15.5. The Hall–Kier alpha value is -2.28. The highest BCUT2D eigenvalue weighted by Gasteiger charge is 2.33. The summed E-state index contributed by atoms with van der Waals surface area (Å²) >= 11 is 12.6. The van der Waals surface area contributed by atoms with Crippen LogP contribution in [0, 0.1) is 0 Å². The fraction of sp³-hybridized carbons (Fsp3) is 0.100. The Kier molecular flexibility index (Phi) is 5.89. The molecule has 1 amide bonds. The Balaban J connectivity index is 1.98. The summed E-state index contributed by atoms with van der Waals surface area (Å²) in [4.78, 5) is 14.8. The first-order chi connectivity index (χ1) is 12.9. The maximum Gasteiger partial charge on any atom is 0.270 e. The number of phenolic OH excluding ortho intramolecular Hbond substituents is 1. The third kappa shape index (κ3) is 4.03. The van der Waals surface area contributed by atoms with Crippen LogP contribution in [0.3, 0.4) is 0 Å². The number of rotatable bonds is 5. The smallest absolute Gasteiger partial charge is 0.270 e. The van der Waals surface area contributed by atoms with Crippen molar-refractivity contribution >= 4 is 57.6 Å². The van der Waals surface area contributed by atoms with Gasteiger partial charge in [-0.05, 0) is 48.4 Å². The number of phenols is 1. The van der Waals surface area contributed by atoms with Gasteiger partial charge in [-0.15, -0.1) is 6.58 Å². The molecule has 27 heavy (non-hydrogen) atoms. The molecule has 2 aromatic rings. The largest absolute Gasteiger partial charge is 0.504 e. The molecule has 1 saturated heterocycles. The summed E-state index contributed by atoms with van der Waals surface area (Å²) in [6, 6.07) is 10.5. The lowest BCUT2D eigenvalue weighted by Crippen LogP contribution is -2.27. The van der Waals surface area contributed by atoms with Crippen LogP contribution in [0.15, 0.2) is 54.0 Å². The first-order valence-corrected chi connectivity index (χ1v) is 9.59. The Morgan fingerprint density at radius 2 is 2.15 bits per heavy atom. The number of aromatic hydroxyl groups is 1. The van der Waals surface area contributed by atoms with E-state index in [9.17, 15) is 9.90 Å². The second-order valence-electron chi connectivity index (χ2n) is 5.72. The molecule has 1 N–H and O–H groups in total. The molecular formula is C20H16ClNO3S2. The maximum atomic E-state index is 12.9. The van der Waals surface area contributed by atoms with Crippen molar-refractivity contribution in [2.45, 2.75) is 6.42 Å². The fourth-order valence-corrected chi connectivity index (χ4v) is 4.18. The van der Waals surface area contributed by atoms with Gasteiger partial charge in [0.25, 0.3) is 5.91 Å². The first kappa shape index (κ1) is 19.5. The van der Waals surface area contributed by atoms with Gasteiger partial charge in [0.1, 0.15) is 0 Å². The molecule has 1 heterocycles. The average molecular weight is 418 g/mol. The van der Waals surface area contributed by atoms with E-state index in [-0.39, 0.29) is 11.7 Å². The zero-order valence-corrected chi connectivity index (χ0v) is 16.8. The molecule has 7 heteroatoms. The highest BCUT2D eigenvalue weighted by atomic mass is 35.5. The quantitative estimate of drug-likeness (QED) is 0.412. The summed E-state index contributed by atoms with van der Waals surface area (Å²) in [5.41, 5.74) is 2.03. The summed E-state index contributed by atoms with van der Waals surface area (Å²) in [6.07, 6.45) is 3.91. The molecule has 4 nitrogen and oxygen atoms in total. The Labute approximate surface area is 172 Å². The zero-order valence-electron chi connectivity index (χ0n) is 14.4. The van der Waals surface area contributed by atoms with Crippen LogP contribution in [0.25, 0.3) is 6.08 Å². The molecule has 0 saturated carbocycles. The van der Waals surface area contributed by atoms with Crippen LogP contribution in [-0.4, -0.2) is 22.4 Å². The molecule has 138 valence electrons. The molecule has 0 aromatic heterocycles. The number of methoxy groups -OCH3 is 1. The molecule has 2 aromatic carbocycles. The molecule has 0 bridgehead atoms. The van der Waals surface area contributed by atoms with Crippen molar-refractivity contribution in [2.24, 2.45) is 0 Å². The van der Waals surface area contributed by atoms with Crippen molar-refractivity contribution in [3.8, 4) is 11.5 Å². The summed E-state index contributed by atoms with van der Waals surface area (Å²) < 4.78 is 5.67. The van der Waals surface area contributed by atoms with Crippen LogP contribution in [-0.2, 0) is 11.2 Å². The number of carbonyl (C=O) groups is 1. The number of amides is 1. The third-order valence-electron chi connectivity index (χ3n) is 3.92. The van der Waals surface area contributed by atoms with Gasteiger partial charge in [0.05, 0.1) is 17.7 Å². The highest BCUT2D eigenvalue weighted by Crippen LogP contribution is 2.38. The van der Waals surface area contributed by atoms with E-state index in [4.69, 9.17) is 28.6 Å². The van der Waals surface area contributed by atoms with Crippen molar-refractivity contribution < 1.29 is 14.6 Å². The lowest BCUT2D eigenvalue weighted by atomic mass is 10.1. The van der Waals surface area contributed by atoms with Gasteiger partial charge in [-0.2, -0.15) is 0 Å². The van der Waals surface area contributed by atoms with Gasteiger partial charge in [-0.1, -0.05) is 47.7 Å². The number of hydrogen-bond donors (Lipinski definition) is 1. The van der Waals surface area contributed by atoms with Crippen molar-refractivity contribution in [2.75, 3.05) is 12.0 Å². The van der Waals surface area contributed by atoms with E-state index in [0.29, 0.717) is 37.7 Å². The van der Waals surface area contributed by atoms with Gasteiger partial charge >= 0.3 is 0 Å². The minimum Gasteiger partial charge on any atom is -0.504 e. The number of nitrogens with zero attached hydrogens (tertiary/aromatic N) is 1. The SMILES string of the molecule is C=CCc1cc(/C=C2\SC(=S)N(c3cccc(Cl)c3)C2=O)cc(OC)c1O.